The van der Waals surface area contributed by atoms with Crippen LogP contribution in [0, 0.1) is 0 Å². The van der Waals surface area contributed by atoms with E-state index in [-0.39, 0.29) is 11.8 Å². The van der Waals surface area contributed by atoms with Gasteiger partial charge in [0.1, 0.15) is 0 Å². The lowest BCUT2D eigenvalue weighted by Gasteiger charge is -2.08. The van der Waals surface area contributed by atoms with Gasteiger partial charge in [-0.05, 0) is 73.2 Å². The lowest BCUT2D eigenvalue weighted by Crippen LogP contribution is -2.19. The molecular weight excluding hydrogens is 454 g/mol. The van der Waals surface area contributed by atoms with Gasteiger partial charge in [-0.15, -0.1) is 0 Å². The van der Waals surface area contributed by atoms with Crippen molar-refractivity contribution < 1.29 is 9.59 Å². The first kappa shape index (κ1) is 20.8. The van der Waals surface area contributed by atoms with Crippen LogP contribution in [0.25, 0.3) is 0 Å². The van der Waals surface area contributed by atoms with Gasteiger partial charge in [0.25, 0.3) is 11.8 Å². The molecule has 0 heterocycles. The molecule has 146 valence electrons. The first-order chi connectivity index (χ1) is 13.9. The fourth-order valence-corrected chi connectivity index (χ4v) is 2.88. The minimum Gasteiger partial charge on any atom is -0.322 e. The van der Waals surface area contributed by atoms with E-state index in [0.29, 0.717) is 27.5 Å². The third-order valence-electron chi connectivity index (χ3n) is 4.08. The lowest BCUT2D eigenvalue weighted by atomic mass is 10.1. The number of amides is 2. The van der Waals surface area contributed by atoms with Gasteiger partial charge >= 0.3 is 0 Å². The average molecular weight is 471 g/mol. The van der Waals surface area contributed by atoms with Crippen molar-refractivity contribution in [2.24, 2.45) is 5.10 Å². The number of hydrazone groups is 1. The van der Waals surface area contributed by atoms with Crippen molar-refractivity contribution in [1.29, 1.82) is 0 Å². The summed E-state index contributed by atoms with van der Waals surface area (Å²) in [7, 11) is 0. The smallest absolute Gasteiger partial charge is 0.271 e. The van der Waals surface area contributed by atoms with E-state index in [1.807, 2.05) is 12.1 Å². The third kappa shape index (κ3) is 5.76. The molecule has 0 radical (unpaired) electrons. The molecule has 7 heteroatoms. The summed E-state index contributed by atoms with van der Waals surface area (Å²) in [5, 5.41) is 7.57. The summed E-state index contributed by atoms with van der Waals surface area (Å²) >= 11 is 9.19. The molecule has 0 saturated heterocycles. The van der Waals surface area contributed by atoms with Gasteiger partial charge in [0.2, 0.25) is 0 Å². The van der Waals surface area contributed by atoms with Crippen LogP contribution in [0.5, 0.6) is 0 Å². The van der Waals surface area contributed by atoms with Crippen molar-refractivity contribution in [3.8, 4) is 0 Å². The minimum absolute atomic E-state index is 0.239. The molecule has 0 saturated carbocycles. The second-order valence-corrected chi connectivity index (χ2v) is 7.54. The van der Waals surface area contributed by atoms with Crippen LogP contribution >= 0.6 is 27.5 Å². The Kier molecular flexibility index (Phi) is 6.80. The quantitative estimate of drug-likeness (QED) is 0.381. The fraction of sp³-hybridized carbons (Fsp3) is 0.0455. The zero-order valence-electron chi connectivity index (χ0n) is 15.4. The summed E-state index contributed by atoms with van der Waals surface area (Å²) in [6.07, 6.45) is 0. The van der Waals surface area contributed by atoms with E-state index in [2.05, 4.69) is 31.8 Å². The Morgan fingerprint density at radius 2 is 1.48 bits per heavy atom. The largest absolute Gasteiger partial charge is 0.322 e. The van der Waals surface area contributed by atoms with Crippen LogP contribution in [0.4, 0.5) is 5.69 Å². The van der Waals surface area contributed by atoms with Gasteiger partial charge in [0.05, 0.1) is 5.71 Å². The van der Waals surface area contributed by atoms with Crippen LogP contribution in [-0.2, 0) is 0 Å². The number of hydrogen-bond donors (Lipinski definition) is 2. The predicted octanol–water partition coefficient (Wildman–Crippen LogP) is 5.51. The Morgan fingerprint density at radius 1 is 0.862 bits per heavy atom. The number of rotatable bonds is 5. The summed E-state index contributed by atoms with van der Waals surface area (Å²) in [6, 6.07) is 20.9. The molecule has 29 heavy (non-hydrogen) atoms. The number of halogens is 2. The van der Waals surface area contributed by atoms with E-state index < -0.39 is 0 Å². The molecule has 0 atom stereocenters. The Bertz CT molecular complexity index is 1060. The monoisotopic (exact) mass is 469 g/mol. The predicted molar refractivity (Wildman–Crippen MR) is 120 cm³/mol. The number of nitrogens with one attached hydrogen (secondary N) is 2. The Labute approximate surface area is 181 Å². The topological polar surface area (TPSA) is 70.6 Å². The number of carbonyl (C=O) groups is 2. The first-order valence-electron chi connectivity index (χ1n) is 8.70. The second-order valence-electron chi connectivity index (χ2n) is 6.19. The van der Waals surface area contributed by atoms with Crippen molar-refractivity contribution >= 4 is 50.7 Å². The molecule has 3 aromatic rings. The summed E-state index contributed by atoms with van der Waals surface area (Å²) in [4.78, 5) is 24.5. The third-order valence-corrected chi connectivity index (χ3v) is 4.86. The van der Waals surface area contributed by atoms with Gasteiger partial charge in [-0.1, -0.05) is 39.7 Å². The van der Waals surface area contributed by atoms with Crippen LogP contribution < -0.4 is 10.7 Å². The molecule has 0 aliphatic carbocycles. The van der Waals surface area contributed by atoms with Crippen molar-refractivity contribution in [2.75, 3.05) is 5.32 Å². The van der Waals surface area contributed by atoms with Gasteiger partial charge in [-0.2, -0.15) is 5.10 Å². The normalized spacial score (nSPS) is 11.1. The van der Waals surface area contributed by atoms with Crippen molar-refractivity contribution in [3.63, 3.8) is 0 Å². The molecule has 2 N–H and O–H groups in total. The Morgan fingerprint density at radius 3 is 2.17 bits per heavy atom. The first-order valence-corrected chi connectivity index (χ1v) is 9.87. The number of carbonyl (C=O) groups excluding carboxylic acids is 2. The molecule has 0 fully saturated rings. The number of anilines is 1. The van der Waals surface area contributed by atoms with Gasteiger partial charge in [-0.3, -0.25) is 9.59 Å². The lowest BCUT2D eigenvalue weighted by molar-refractivity contribution is 0.0954. The highest BCUT2D eigenvalue weighted by Crippen LogP contribution is 2.15. The highest BCUT2D eigenvalue weighted by Gasteiger charge is 2.08. The van der Waals surface area contributed by atoms with Gasteiger partial charge in [0.15, 0.2) is 0 Å². The average Bonchev–Trinajstić information content (AvgIpc) is 2.73. The van der Waals surface area contributed by atoms with Crippen LogP contribution in [0.15, 0.2) is 82.4 Å². The van der Waals surface area contributed by atoms with Crippen molar-refractivity contribution in [3.05, 3.63) is 99.0 Å². The molecule has 2 amide bonds. The standard InChI is InChI=1S/C22H17BrClN3O2/c1-14(26-27-22(29)16-5-9-18(23)10-6-16)17-3-2-4-20(13-17)25-21(28)15-7-11-19(24)12-8-15/h2-13H,1H3,(H,25,28)(H,27,29). The zero-order chi connectivity index (χ0) is 20.8. The molecule has 0 aliphatic heterocycles. The number of hydrogen-bond acceptors (Lipinski definition) is 3. The fourth-order valence-electron chi connectivity index (χ4n) is 2.49. The molecule has 0 aliphatic rings. The van der Waals surface area contributed by atoms with E-state index in [1.165, 1.54) is 0 Å². The maximum Gasteiger partial charge on any atom is 0.271 e. The highest BCUT2D eigenvalue weighted by atomic mass is 79.9. The highest BCUT2D eigenvalue weighted by molar-refractivity contribution is 9.10. The Balaban J connectivity index is 1.68. The van der Waals surface area contributed by atoms with Gasteiger partial charge in [0, 0.05) is 26.3 Å². The van der Waals surface area contributed by atoms with E-state index in [1.54, 1.807) is 67.6 Å². The molecule has 3 aromatic carbocycles. The van der Waals surface area contributed by atoms with Crippen molar-refractivity contribution in [1.82, 2.24) is 5.43 Å². The molecule has 3 rings (SSSR count). The van der Waals surface area contributed by atoms with E-state index in [0.717, 1.165) is 10.0 Å². The Hall–Kier alpha value is -2.96. The zero-order valence-corrected chi connectivity index (χ0v) is 17.8. The molecule has 0 unspecified atom stereocenters. The molecular formula is C22H17BrClN3O2. The van der Waals surface area contributed by atoms with E-state index in [9.17, 15) is 9.59 Å². The molecule has 0 bridgehead atoms. The minimum atomic E-state index is -0.302. The molecule has 5 nitrogen and oxygen atoms in total. The summed E-state index contributed by atoms with van der Waals surface area (Å²) in [6.45, 7) is 1.78. The maximum absolute atomic E-state index is 12.4. The van der Waals surface area contributed by atoms with Crippen LogP contribution in [0.2, 0.25) is 5.02 Å². The second kappa shape index (κ2) is 9.49. The van der Waals surface area contributed by atoms with E-state index >= 15 is 0 Å². The van der Waals surface area contributed by atoms with Crippen LogP contribution in [0.3, 0.4) is 0 Å². The van der Waals surface area contributed by atoms with E-state index in [4.69, 9.17) is 11.6 Å². The summed E-state index contributed by atoms with van der Waals surface area (Å²) in [5.41, 5.74) is 5.56. The number of benzene rings is 3. The molecule has 0 spiro atoms. The van der Waals surface area contributed by atoms with Gasteiger partial charge < -0.3 is 5.32 Å². The summed E-state index contributed by atoms with van der Waals surface area (Å²) < 4.78 is 0.895. The number of nitrogens with zero attached hydrogens (tertiary/aromatic N) is 1. The summed E-state index contributed by atoms with van der Waals surface area (Å²) in [5.74, 6) is -0.541. The van der Waals surface area contributed by atoms with Crippen LogP contribution in [0.1, 0.15) is 33.2 Å². The van der Waals surface area contributed by atoms with Crippen LogP contribution in [-0.4, -0.2) is 17.5 Å². The van der Waals surface area contributed by atoms with Gasteiger partial charge in [-0.25, -0.2) is 5.43 Å². The molecule has 0 aromatic heterocycles. The van der Waals surface area contributed by atoms with Crippen molar-refractivity contribution in [2.45, 2.75) is 6.92 Å². The maximum atomic E-state index is 12.4. The SMILES string of the molecule is CC(=NNC(=O)c1ccc(Br)cc1)c1cccc(NC(=O)c2ccc(Cl)cc2)c1.